The number of carbonyl (C=O) groups is 1. The molecule has 5 nitrogen and oxygen atoms in total. The van der Waals surface area contributed by atoms with Gasteiger partial charge in [-0.3, -0.25) is 4.79 Å². The molecule has 1 aromatic carbocycles. The Morgan fingerprint density at radius 2 is 2.00 bits per heavy atom. The minimum atomic E-state index is 0. The molecule has 2 aromatic rings. The van der Waals surface area contributed by atoms with Crippen LogP contribution < -0.4 is 11.1 Å². The molecule has 1 aliphatic rings. The summed E-state index contributed by atoms with van der Waals surface area (Å²) in [5.74, 6) is 0.176. The molecule has 0 bridgehead atoms. The molecule has 2 atom stereocenters. The molecule has 2 unspecified atom stereocenters. The van der Waals surface area contributed by atoms with Crippen LogP contribution in [0.4, 0.5) is 0 Å². The molecule has 1 heterocycles. The van der Waals surface area contributed by atoms with Gasteiger partial charge in [-0.25, -0.2) is 4.68 Å². The second kappa shape index (κ2) is 8.50. The molecule has 1 fully saturated rings. The number of halogens is 1. The minimum absolute atomic E-state index is 0. The number of hydrogen-bond donors (Lipinski definition) is 2. The molecular formula is C19H27ClN4O. The maximum atomic E-state index is 12.4. The van der Waals surface area contributed by atoms with E-state index < -0.39 is 0 Å². The lowest BCUT2D eigenvalue weighted by Gasteiger charge is -2.25. The summed E-state index contributed by atoms with van der Waals surface area (Å²) in [6, 6.07) is 10.2. The minimum Gasteiger partial charge on any atom is -0.352 e. The molecule has 1 amide bonds. The Morgan fingerprint density at radius 1 is 1.28 bits per heavy atom. The van der Waals surface area contributed by atoms with Crippen molar-refractivity contribution < 1.29 is 4.79 Å². The lowest BCUT2D eigenvalue weighted by molar-refractivity contribution is -0.126. The van der Waals surface area contributed by atoms with Gasteiger partial charge in [-0.05, 0) is 45.2 Å². The van der Waals surface area contributed by atoms with E-state index in [-0.39, 0.29) is 30.3 Å². The molecule has 0 radical (unpaired) electrons. The van der Waals surface area contributed by atoms with E-state index in [0.29, 0.717) is 6.54 Å². The predicted octanol–water partition coefficient (Wildman–Crippen LogP) is 3.04. The zero-order valence-electron chi connectivity index (χ0n) is 14.9. The average molecular weight is 363 g/mol. The van der Waals surface area contributed by atoms with Crippen LogP contribution >= 0.6 is 12.4 Å². The summed E-state index contributed by atoms with van der Waals surface area (Å²) in [5.41, 5.74) is 10.1. The Balaban J connectivity index is 0.00000225. The predicted molar refractivity (Wildman–Crippen MR) is 102 cm³/mol. The van der Waals surface area contributed by atoms with Crippen molar-refractivity contribution in [1.82, 2.24) is 15.1 Å². The molecule has 0 spiro atoms. The summed E-state index contributed by atoms with van der Waals surface area (Å²) in [7, 11) is 0. The molecule has 1 aliphatic carbocycles. The van der Waals surface area contributed by atoms with Gasteiger partial charge in [-0.2, -0.15) is 5.10 Å². The van der Waals surface area contributed by atoms with Crippen LogP contribution in [0.15, 0.2) is 30.3 Å². The van der Waals surface area contributed by atoms with Gasteiger partial charge in [0.15, 0.2) is 0 Å². The van der Waals surface area contributed by atoms with Gasteiger partial charge in [-0.15, -0.1) is 12.4 Å². The number of aryl methyl sites for hydroxylation is 1. The van der Waals surface area contributed by atoms with Crippen molar-refractivity contribution in [2.24, 2.45) is 11.7 Å². The van der Waals surface area contributed by atoms with Gasteiger partial charge in [-0.1, -0.05) is 24.6 Å². The summed E-state index contributed by atoms with van der Waals surface area (Å²) in [6.07, 6.45) is 3.82. The lowest BCUT2D eigenvalue weighted by atomic mass is 9.85. The van der Waals surface area contributed by atoms with E-state index >= 15 is 0 Å². The number of para-hydroxylation sites is 1. The van der Waals surface area contributed by atoms with E-state index in [0.717, 1.165) is 48.3 Å². The Bertz CT molecular complexity index is 714. The number of rotatable bonds is 4. The Labute approximate surface area is 155 Å². The van der Waals surface area contributed by atoms with E-state index in [2.05, 4.69) is 10.4 Å². The molecule has 1 aromatic heterocycles. The second-order valence-electron chi connectivity index (χ2n) is 6.74. The fraction of sp³-hybridized carbons (Fsp3) is 0.474. The summed E-state index contributed by atoms with van der Waals surface area (Å²) >= 11 is 0. The number of hydrogen-bond acceptors (Lipinski definition) is 3. The van der Waals surface area contributed by atoms with E-state index in [4.69, 9.17) is 5.73 Å². The van der Waals surface area contributed by atoms with Gasteiger partial charge in [0.25, 0.3) is 0 Å². The number of aromatic nitrogens is 2. The summed E-state index contributed by atoms with van der Waals surface area (Å²) in [4.78, 5) is 12.4. The largest absolute Gasteiger partial charge is 0.352 e. The first-order chi connectivity index (χ1) is 11.6. The molecule has 6 heteroatoms. The second-order valence-corrected chi connectivity index (χ2v) is 6.74. The highest BCUT2D eigenvalue weighted by molar-refractivity contribution is 5.85. The van der Waals surface area contributed by atoms with Crippen LogP contribution in [-0.2, 0) is 11.3 Å². The maximum absolute atomic E-state index is 12.4. The van der Waals surface area contributed by atoms with Crippen LogP contribution in [-0.4, -0.2) is 21.7 Å². The van der Waals surface area contributed by atoms with Crippen molar-refractivity contribution >= 4 is 18.3 Å². The first-order valence-corrected chi connectivity index (χ1v) is 8.70. The van der Waals surface area contributed by atoms with Crippen molar-refractivity contribution in [3.63, 3.8) is 0 Å². The van der Waals surface area contributed by atoms with Crippen molar-refractivity contribution in [3.8, 4) is 5.69 Å². The molecule has 3 rings (SSSR count). The fourth-order valence-corrected chi connectivity index (χ4v) is 3.54. The molecule has 25 heavy (non-hydrogen) atoms. The zero-order valence-corrected chi connectivity index (χ0v) is 15.7. The van der Waals surface area contributed by atoms with Crippen molar-refractivity contribution in [2.45, 2.75) is 52.1 Å². The van der Waals surface area contributed by atoms with Gasteiger partial charge < -0.3 is 11.1 Å². The molecule has 0 aliphatic heterocycles. The van der Waals surface area contributed by atoms with Crippen molar-refractivity contribution in [3.05, 3.63) is 47.3 Å². The van der Waals surface area contributed by atoms with Crippen LogP contribution in [0, 0.1) is 19.8 Å². The average Bonchev–Trinajstić information content (AvgIpc) is 2.88. The van der Waals surface area contributed by atoms with Crippen LogP contribution in [0.25, 0.3) is 5.69 Å². The number of amides is 1. The number of nitrogens with zero attached hydrogens (tertiary/aromatic N) is 2. The zero-order chi connectivity index (χ0) is 17.1. The van der Waals surface area contributed by atoms with E-state index in [1.54, 1.807) is 0 Å². The van der Waals surface area contributed by atoms with Crippen molar-refractivity contribution in [2.75, 3.05) is 0 Å². The van der Waals surface area contributed by atoms with Gasteiger partial charge in [0.05, 0.1) is 11.4 Å². The summed E-state index contributed by atoms with van der Waals surface area (Å²) < 4.78 is 1.94. The lowest BCUT2D eigenvalue weighted by Crippen LogP contribution is -2.37. The SMILES string of the molecule is Cc1nn(-c2ccccc2)c(C)c1CNC(=O)C1CCCC(N)C1.Cl. The van der Waals surface area contributed by atoms with Crippen LogP contribution in [0.1, 0.15) is 42.6 Å². The Kier molecular flexibility index (Phi) is 6.62. The van der Waals surface area contributed by atoms with Gasteiger partial charge in [0.1, 0.15) is 0 Å². The number of carbonyl (C=O) groups excluding carboxylic acids is 1. The monoisotopic (exact) mass is 362 g/mol. The van der Waals surface area contributed by atoms with Gasteiger partial charge in [0, 0.05) is 29.8 Å². The van der Waals surface area contributed by atoms with E-state index in [1.165, 1.54) is 0 Å². The number of nitrogens with one attached hydrogen (secondary N) is 1. The maximum Gasteiger partial charge on any atom is 0.223 e. The topological polar surface area (TPSA) is 72.9 Å². The Morgan fingerprint density at radius 3 is 2.68 bits per heavy atom. The molecular weight excluding hydrogens is 336 g/mol. The first kappa shape index (κ1) is 19.5. The number of nitrogens with two attached hydrogens (primary N) is 1. The summed E-state index contributed by atoms with van der Waals surface area (Å²) in [6.45, 7) is 4.56. The van der Waals surface area contributed by atoms with Crippen LogP contribution in [0.3, 0.4) is 0 Å². The standard InChI is InChI=1S/C19H26N4O.ClH/c1-13-18(12-21-19(24)15-7-6-8-16(20)11-15)14(2)23(22-13)17-9-4-3-5-10-17;/h3-5,9-10,15-16H,6-8,11-12,20H2,1-2H3,(H,21,24);1H. The van der Waals surface area contributed by atoms with Crippen LogP contribution in [0.5, 0.6) is 0 Å². The number of benzene rings is 1. The normalized spacial score (nSPS) is 20.0. The highest BCUT2D eigenvalue weighted by atomic mass is 35.5. The quantitative estimate of drug-likeness (QED) is 0.877. The highest BCUT2D eigenvalue weighted by Crippen LogP contribution is 2.24. The molecule has 0 saturated heterocycles. The van der Waals surface area contributed by atoms with Gasteiger partial charge in [0.2, 0.25) is 5.91 Å². The van der Waals surface area contributed by atoms with E-state index in [9.17, 15) is 4.79 Å². The fourth-order valence-electron chi connectivity index (χ4n) is 3.54. The smallest absolute Gasteiger partial charge is 0.223 e. The van der Waals surface area contributed by atoms with Gasteiger partial charge >= 0.3 is 0 Å². The third-order valence-electron chi connectivity index (χ3n) is 4.97. The summed E-state index contributed by atoms with van der Waals surface area (Å²) in [5, 5.41) is 7.72. The molecule has 3 N–H and O–H groups in total. The Hall–Kier alpha value is -1.85. The van der Waals surface area contributed by atoms with Crippen LogP contribution in [0.2, 0.25) is 0 Å². The van der Waals surface area contributed by atoms with Crippen molar-refractivity contribution in [1.29, 1.82) is 0 Å². The first-order valence-electron chi connectivity index (χ1n) is 8.70. The third kappa shape index (κ3) is 4.41. The molecule has 136 valence electrons. The highest BCUT2D eigenvalue weighted by Gasteiger charge is 2.25. The molecule has 1 saturated carbocycles. The third-order valence-corrected chi connectivity index (χ3v) is 4.97. The van der Waals surface area contributed by atoms with E-state index in [1.807, 2.05) is 48.9 Å².